The lowest BCUT2D eigenvalue weighted by Crippen LogP contribution is -2.46. The molecule has 4 nitrogen and oxygen atoms in total. The van der Waals surface area contributed by atoms with Gasteiger partial charge in [0.05, 0.1) is 26.4 Å². The molecule has 0 aliphatic carbocycles. The number of rotatable bonds is 11. The topological polar surface area (TPSA) is 44.8 Å². The molecule has 0 aliphatic rings. The lowest BCUT2D eigenvalue weighted by Gasteiger charge is -2.41. The molecule has 0 heterocycles. The van der Waals surface area contributed by atoms with Gasteiger partial charge in [-0.15, -0.1) is 0 Å². The zero-order valence-electron chi connectivity index (χ0n) is 18.4. The van der Waals surface area contributed by atoms with Crippen molar-refractivity contribution >= 4 is 14.1 Å². The normalized spacial score (nSPS) is 14.7. The highest BCUT2D eigenvalue weighted by Crippen LogP contribution is 2.38. The Morgan fingerprint density at radius 3 is 2.22 bits per heavy atom. The molecule has 1 rings (SSSR count). The summed E-state index contributed by atoms with van der Waals surface area (Å²) < 4.78 is 17.9. The first-order chi connectivity index (χ1) is 12.5. The molecule has 0 N–H and O–H groups in total. The summed E-state index contributed by atoms with van der Waals surface area (Å²) in [7, 11) is -0.247. The van der Waals surface area contributed by atoms with Gasteiger partial charge in [-0.25, -0.2) is 0 Å². The van der Waals surface area contributed by atoms with Crippen molar-refractivity contribution in [2.24, 2.45) is 5.92 Å². The molecule has 2 atom stereocenters. The largest absolute Gasteiger partial charge is 0.497 e. The highest BCUT2D eigenvalue weighted by Gasteiger charge is 2.40. The quantitative estimate of drug-likeness (QED) is 0.458. The molecule has 1 aromatic rings. The third-order valence-electron chi connectivity index (χ3n) is 5.55. The van der Waals surface area contributed by atoms with Crippen LogP contribution in [0.15, 0.2) is 24.3 Å². The smallest absolute Gasteiger partial charge is 0.192 e. The first kappa shape index (κ1) is 23.9. The molecule has 0 bridgehead atoms. The molecule has 0 aliphatic heterocycles. The first-order valence-corrected chi connectivity index (χ1v) is 12.7. The molecule has 27 heavy (non-hydrogen) atoms. The van der Waals surface area contributed by atoms with Crippen LogP contribution < -0.4 is 4.74 Å². The van der Waals surface area contributed by atoms with Crippen LogP contribution in [0.3, 0.4) is 0 Å². The van der Waals surface area contributed by atoms with Crippen LogP contribution in [-0.4, -0.2) is 33.9 Å². The lowest BCUT2D eigenvalue weighted by molar-refractivity contribution is -0.117. The molecule has 0 unspecified atom stereocenters. The minimum atomic E-state index is -1.91. The summed E-state index contributed by atoms with van der Waals surface area (Å²) in [6.07, 6.45) is 1.43. The van der Waals surface area contributed by atoms with E-state index in [9.17, 15) is 4.79 Å². The van der Waals surface area contributed by atoms with Crippen LogP contribution >= 0.6 is 0 Å². The van der Waals surface area contributed by atoms with Gasteiger partial charge in [-0.05, 0) is 55.1 Å². The number of benzene rings is 1. The summed E-state index contributed by atoms with van der Waals surface area (Å²) in [5, 5.41) is 0.140. The second-order valence-electron chi connectivity index (χ2n) is 9.00. The molecular formula is C22H38O4Si. The number of Topliss-reactive ketones (excluding diaryl/α,β-unsaturated/α-hetero) is 1. The summed E-state index contributed by atoms with van der Waals surface area (Å²) in [5.74, 6) is 1.35. The predicted molar refractivity (Wildman–Crippen MR) is 114 cm³/mol. The van der Waals surface area contributed by atoms with Gasteiger partial charge in [-0.3, -0.25) is 0 Å². The van der Waals surface area contributed by atoms with Gasteiger partial charge in [0.2, 0.25) is 0 Å². The van der Waals surface area contributed by atoms with E-state index in [2.05, 4.69) is 40.8 Å². The highest BCUT2D eigenvalue weighted by molar-refractivity contribution is 6.74. The average Bonchev–Trinajstić information content (AvgIpc) is 2.58. The number of ketones is 1. The standard InChI is InChI=1S/C22H38O4Si/c1-17(9-10-18(2)23)21(26-27(7,8)22(3,4)5)16-25-15-19-11-13-20(24-6)14-12-19/h11-14,17,21H,9-10,15-16H2,1-8H3/t17-,21-/m0/s1. The van der Waals surface area contributed by atoms with Gasteiger partial charge >= 0.3 is 0 Å². The fraction of sp³-hybridized carbons (Fsp3) is 0.682. The van der Waals surface area contributed by atoms with E-state index in [0.29, 0.717) is 19.6 Å². The predicted octanol–water partition coefficient (Wildman–Crippen LogP) is 5.61. The summed E-state index contributed by atoms with van der Waals surface area (Å²) in [5.41, 5.74) is 1.11. The Morgan fingerprint density at radius 2 is 1.74 bits per heavy atom. The Morgan fingerprint density at radius 1 is 1.15 bits per heavy atom. The van der Waals surface area contributed by atoms with E-state index < -0.39 is 8.32 Å². The van der Waals surface area contributed by atoms with E-state index in [4.69, 9.17) is 13.9 Å². The lowest BCUT2D eigenvalue weighted by atomic mass is 9.98. The Kier molecular flexibility index (Phi) is 9.19. The zero-order chi connectivity index (χ0) is 20.7. The van der Waals surface area contributed by atoms with Crippen LogP contribution in [0.25, 0.3) is 0 Å². The van der Waals surface area contributed by atoms with Crippen molar-refractivity contribution in [3.63, 3.8) is 0 Å². The molecular weight excluding hydrogens is 356 g/mol. The van der Waals surface area contributed by atoms with E-state index in [-0.39, 0.29) is 22.8 Å². The summed E-state index contributed by atoms with van der Waals surface area (Å²) >= 11 is 0. The molecule has 0 aromatic heterocycles. The zero-order valence-corrected chi connectivity index (χ0v) is 19.4. The van der Waals surface area contributed by atoms with Gasteiger partial charge in [-0.1, -0.05) is 39.8 Å². The van der Waals surface area contributed by atoms with Crippen molar-refractivity contribution in [1.82, 2.24) is 0 Å². The third kappa shape index (κ3) is 8.16. The van der Waals surface area contributed by atoms with E-state index in [1.807, 2.05) is 24.3 Å². The summed E-state index contributed by atoms with van der Waals surface area (Å²) in [4.78, 5) is 11.4. The maximum Gasteiger partial charge on any atom is 0.192 e. The molecule has 0 radical (unpaired) electrons. The number of ether oxygens (including phenoxy) is 2. The Balaban J connectivity index is 2.72. The van der Waals surface area contributed by atoms with Crippen LogP contribution in [0, 0.1) is 5.92 Å². The molecule has 0 saturated heterocycles. The van der Waals surface area contributed by atoms with Crippen LogP contribution in [0.2, 0.25) is 18.1 Å². The van der Waals surface area contributed by atoms with Gasteiger partial charge in [0, 0.05) is 6.42 Å². The Labute approximate surface area is 166 Å². The number of methoxy groups -OCH3 is 1. The number of hydrogen-bond acceptors (Lipinski definition) is 4. The summed E-state index contributed by atoms with van der Waals surface area (Å²) in [6, 6.07) is 7.92. The Bertz CT molecular complexity index is 575. The van der Waals surface area contributed by atoms with Crippen LogP contribution in [0.1, 0.15) is 53.0 Å². The van der Waals surface area contributed by atoms with Gasteiger partial charge < -0.3 is 18.7 Å². The SMILES string of the molecule is COc1ccc(COC[C@H](O[Si](C)(C)C(C)(C)C)[C@@H](C)CCC(C)=O)cc1. The molecule has 154 valence electrons. The summed E-state index contributed by atoms with van der Waals surface area (Å²) in [6.45, 7) is 16.2. The molecule has 1 aromatic carbocycles. The Hall–Kier alpha value is -1.17. The number of carbonyl (C=O) groups excluding carboxylic acids is 1. The molecule has 0 saturated carbocycles. The molecule has 0 spiro atoms. The second-order valence-corrected chi connectivity index (χ2v) is 13.8. The van der Waals surface area contributed by atoms with Gasteiger partial charge in [0.25, 0.3) is 0 Å². The molecule has 5 heteroatoms. The van der Waals surface area contributed by atoms with Crippen LogP contribution in [0.5, 0.6) is 5.75 Å². The van der Waals surface area contributed by atoms with Crippen molar-refractivity contribution in [3.05, 3.63) is 29.8 Å². The number of hydrogen-bond donors (Lipinski definition) is 0. The van der Waals surface area contributed by atoms with Crippen LogP contribution in [0.4, 0.5) is 0 Å². The third-order valence-corrected chi connectivity index (χ3v) is 10.1. The van der Waals surface area contributed by atoms with Crippen molar-refractivity contribution in [2.75, 3.05) is 13.7 Å². The van der Waals surface area contributed by atoms with Gasteiger partial charge in [0.1, 0.15) is 11.5 Å². The first-order valence-electron chi connectivity index (χ1n) is 9.84. The van der Waals surface area contributed by atoms with E-state index >= 15 is 0 Å². The maximum atomic E-state index is 11.4. The van der Waals surface area contributed by atoms with Crippen molar-refractivity contribution in [1.29, 1.82) is 0 Å². The van der Waals surface area contributed by atoms with Crippen molar-refractivity contribution < 1.29 is 18.7 Å². The van der Waals surface area contributed by atoms with Gasteiger partial charge in [-0.2, -0.15) is 0 Å². The highest BCUT2D eigenvalue weighted by atomic mass is 28.4. The average molecular weight is 395 g/mol. The monoisotopic (exact) mass is 394 g/mol. The maximum absolute atomic E-state index is 11.4. The van der Waals surface area contributed by atoms with Gasteiger partial charge in [0.15, 0.2) is 8.32 Å². The van der Waals surface area contributed by atoms with E-state index in [1.165, 1.54) is 0 Å². The van der Waals surface area contributed by atoms with Crippen molar-refractivity contribution in [3.8, 4) is 5.75 Å². The number of carbonyl (C=O) groups is 1. The van der Waals surface area contributed by atoms with Crippen LogP contribution in [-0.2, 0) is 20.6 Å². The minimum Gasteiger partial charge on any atom is -0.497 e. The van der Waals surface area contributed by atoms with E-state index in [0.717, 1.165) is 17.7 Å². The van der Waals surface area contributed by atoms with E-state index in [1.54, 1.807) is 14.0 Å². The fourth-order valence-electron chi connectivity index (χ4n) is 2.50. The second kappa shape index (κ2) is 10.4. The molecule has 0 fully saturated rings. The molecule has 0 amide bonds. The fourth-order valence-corrected chi connectivity index (χ4v) is 3.91. The minimum absolute atomic E-state index is 0.00323. The van der Waals surface area contributed by atoms with Crippen molar-refractivity contribution in [2.45, 2.75) is 78.3 Å².